The van der Waals surface area contributed by atoms with Crippen molar-refractivity contribution in [2.24, 2.45) is 0 Å². The monoisotopic (exact) mass is 304 g/mol. The normalized spacial score (nSPS) is 23.0. The number of aromatic nitrogens is 3. The Hall–Kier alpha value is -1.27. The van der Waals surface area contributed by atoms with Crippen molar-refractivity contribution in [3.05, 3.63) is 27.8 Å². The average Bonchev–Trinajstić information content (AvgIpc) is 2.91. The van der Waals surface area contributed by atoms with Gasteiger partial charge in [-0.1, -0.05) is 5.16 Å². The largest absolute Gasteiger partial charge is 0.339 e. The van der Waals surface area contributed by atoms with Gasteiger partial charge in [-0.2, -0.15) is 4.98 Å². The number of rotatable bonds is 5. The molecule has 4 rings (SSSR count). The lowest BCUT2D eigenvalue weighted by Gasteiger charge is -2.21. The molecule has 112 valence electrons. The number of hydrogen-bond acceptors (Lipinski definition) is 6. The van der Waals surface area contributed by atoms with Gasteiger partial charge in [0.25, 0.3) is 0 Å². The molecule has 21 heavy (non-hydrogen) atoms. The van der Waals surface area contributed by atoms with Crippen LogP contribution in [0.4, 0.5) is 0 Å². The predicted molar refractivity (Wildman–Crippen MR) is 80.4 cm³/mol. The predicted octanol–water partition coefficient (Wildman–Crippen LogP) is 3.09. The molecule has 1 atom stereocenters. The molecule has 5 nitrogen and oxygen atoms in total. The first kappa shape index (κ1) is 13.4. The maximum absolute atomic E-state index is 5.42. The highest BCUT2D eigenvalue weighted by Crippen LogP contribution is 2.40. The van der Waals surface area contributed by atoms with Crippen LogP contribution in [0.2, 0.25) is 0 Å². The van der Waals surface area contributed by atoms with Gasteiger partial charge >= 0.3 is 0 Å². The first-order valence-electron chi connectivity index (χ1n) is 7.78. The van der Waals surface area contributed by atoms with E-state index in [0.717, 1.165) is 37.6 Å². The average molecular weight is 304 g/mol. The minimum absolute atomic E-state index is 0.342. The van der Waals surface area contributed by atoms with Gasteiger partial charge in [-0.3, -0.25) is 4.90 Å². The Morgan fingerprint density at radius 3 is 3.05 bits per heavy atom. The zero-order chi connectivity index (χ0) is 14.2. The summed E-state index contributed by atoms with van der Waals surface area (Å²) < 4.78 is 5.42. The lowest BCUT2D eigenvalue weighted by Crippen LogP contribution is -2.26. The summed E-state index contributed by atoms with van der Waals surface area (Å²) in [6.07, 6.45) is 5.85. The van der Waals surface area contributed by atoms with Gasteiger partial charge in [0.15, 0.2) is 5.82 Å². The second-order valence-corrected chi connectivity index (χ2v) is 7.01. The van der Waals surface area contributed by atoms with Crippen molar-refractivity contribution in [1.29, 1.82) is 0 Å². The van der Waals surface area contributed by atoms with E-state index in [1.54, 1.807) is 11.3 Å². The van der Waals surface area contributed by atoms with E-state index in [1.165, 1.54) is 29.8 Å². The molecule has 2 fully saturated rings. The maximum atomic E-state index is 5.42. The van der Waals surface area contributed by atoms with Crippen molar-refractivity contribution in [2.45, 2.75) is 51.0 Å². The number of thiazole rings is 1. The van der Waals surface area contributed by atoms with Crippen LogP contribution in [0, 0.1) is 6.92 Å². The van der Waals surface area contributed by atoms with Crippen LogP contribution in [0.1, 0.15) is 59.9 Å². The van der Waals surface area contributed by atoms with Gasteiger partial charge in [0.05, 0.1) is 17.2 Å². The molecule has 3 heterocycles. The van der Waals surface area contributed by atoms with E-state index >= 15 is 0 Å². The molecule has 1 aliphatic carbocycles. The van der Waals surface area contributed by atoms with Crippen LogP contribution in [0.5, 0.6) is 0 Å². The molecule has 0 unspecified atom stereocenters. The summed E-state index contributed by atoms with van der Waals surface area (Å²) in [7, 11) is 0. The summed E-state index contributed by atoms with van der Waals surface area (Å²) in [4.78, 5) is 12.9. The maximum Gasteiger partial charge on any atom is 0.229 e. The Kier molecular flexibility index (Phi) is 3.51. The van der Waals surface area contributed by atoms with Crippen molar-refractivity contribution in [3.63, 3.8) is 0 Å². The molecule has 0 spiro atoms. The Balaban J connectivity index is 1.43. The zero-order valence-electron chi connectivity index (χ0n) is 12.3. The van der Waals surface area contributed by atoms with Crippen LogP contribution in [0.15, 0.2) is 10.0 Å². The molecule has 0 N–H and O–H groups in total. The van der Waals surface area contributed by atoms with Crippen LogP contribution in [0.3, 0.4) is 0 Å². The molecular weight excluding hydrogens is 284 g/mol. The summed E-state index contributed by atoms with van der Waals surface area (Å²) in [5.41, 5.74) is 3.11. The van der Waals surface area contributed by atoms with Crippen LogP contribution in [-0.4, -0.2) is 33.1 Å². The third-order valence-electron chi connectivity index (χ3n) is 4.52. The molecule has 2 aromatic heterocycles. The summed E-state index contributed by atoms with van der Waals surface area (Å²) in [5, 5.41) is 4.23. The molecule has 0 radical (unpaired) electrons. The van der Waals surface area contributed by atoms with Gasteiger partial charge in [0.1, 0.15) is 0 Å². The second-order valence-electron chi connectivity index (χ2n) is 6.07. The minimum atomic E-state index is 0.342. The van der Waals surface area contributed by atoms with Crippen LogP contribution >= 0.6 is 11.3 Å². The van der Waals surface area contributed by atoms with Crippen molar-refractivity contribution in [1.82, 2.24) is 20.0 Å². The van der Waals surface area contributed by atoms with E-state index in [4.69, 9.17) is 4.52 Å². The second kappa shape index (κ2) is 5.50. The lowest BCUT2D eigenvalue weighted by molar-refractivity contribution is 0.245. The van der Waals surface area contributed by atoms with Gasteiger partial charge in [-0.15, -0.1) is 11.3 Å². The van der Waals surface area contributed by atoms with Crippen LogP contribution < -0.4 is 0 Å². The Labute approximate surface area is 128 Å². The highest BCUT2D eigenvalue weighted by Gasteiger charge is 2.34. The standard InChI is InChI=1S/C15H20N4OS/c1-10-13(21-9-16-10)6-8-19-7-2-3-12(19)14-17-15(20-18-14)11-4-5-11/h9,11-12H,2-8H2,1H3/t12-/m1/s1. The molecular formula is C15H20N4OS. The number of likely N-dealkylation sites (tertiary alicyclic amines) is 1. The number of hydrogen-bond donors (Lipinski definition) is 0. The Morgan fingerprint density at radius 2 is 2.29 bits per heavy atom. The summed E-state index contributed by atoms with van der Waals surface area (Å²) in [5.74, 6) is 2.30. The highest BCUT2D eigenvalue weighted by atomic mass is 32.1. The Bertz CT molecular complexity index is 619. The topological polar surface area (TPSA) is 55.1 Å². The minimum Gasteiger partial charge on any atom is -0.339 e. The van der Waals surface area contributed by atoms with Crippen LogP contribution in [-0.2, 0) is 6.42 Å². The molecule has 6 heteroatoms. The number of nitrogens with zero attached hydrogens (tertiary/aromatic N) is 4. The first-order valence-corrected chi connectivity index (χ1v) is 8.66. The molecule has 2 aromatic rings. The van der Waals surface area contributed by atoms with E-state index in [9.17, 15) is 0 Å². The van der Waals surface area contributed by atoms with Gasteiger partial charge in [-0.25, -0.2) is 4.98 Å². The third-order valence-corrected chi connectivity index (χ3v) is 5.51. The van der Waals surface area contributed by atoms with Crippen molar-refractivity contribution < 1.29 is 4.52 Å². The van der Waals surface area contributed by atoms with Gasteiger partial charge in [0.2, 0.25) is 5.89 Å². The highest BCUT2D eigenvalue weighted by molar-refractivity contribution is 7.09. The van der Waals surface area contributed by atoms with E-state index in [-0.39, 0.29) is 0 Å². The molecule has 1 aliphatic heterocycles. The fraction of sp³-hybridized carbons (Fsp3) is 0.667. The van der Waals surface area contributed by atoms with Gasteiger partial charge < -0.3 is 4.52 Å². The van der Waals surface area contributed by atoms with E-state index in [1.807, 2.05) is 5.51 Å². The Morgan fingerprint density at radius 1 is 1.38 bits per heavy atom. The fourth-order valence-electron chi connectivity index (χ4n) is 3.08. The molecule has 1 saturated carbocycles. The SMILES string of the molecule is Cc1ncsc1CCN1CCC[C@@H]1c1noc(C2CC2)n1. The summed E-state index contributed by atoms with van der Waals surface area (Å²) >= 11 is 1.76. The van der Waals surface area contributed by atoms with E-state index in [0.29, 0.717) is 12.0 Å². The van der Waals surface area contributed by atoms with E-state index in [2.05, 4.69) is 26.9 Å². The van der Waals surface area contributed by atoms with Gasteiger partial charge in [0, 0.05) is 17.3 Å². The fourth-order valence-corrected chi connectivity index (χ4v) is 3.85. The first-order chi connectivity index (χ1) is 10.3. The molecule has 0 aromatic carbocycles. The quantitative estimate of drug-likeness (QED) is 0.849. The third kappa shape index (κ3) is 2.74. The lowest BCUT2D eigenvalue weighted by atomic mass is 10.2. The van der Waals surface area contributed by atoms with Crippen molar-refractivity contribution in [3.8, 4) is 0 Å². The van der Waals surface area contributed by atoms with Crippen molar-refractivity contribution >= 4 is 11.3 Å². The summed E-state index contributed by atoms with van der Waals surface area (Å²) in [6, 6.07) is 0.342. The molecule has 1 saturated heterocycles. The molecule has 0 bridgehead atoms. The zero-order valence-corrected chi connectivity index (χ0v) is 13.1. The molecule has 0 amide bonds. The van der Waals surface area contributed by atoms with E-state index < -0.39 is 0 Å². The van der Waals surface area contributed by atoms with Gasteiger partial charge in [-0.05, 0) is 45.6 Å². The van der Waals surface area contributed by atoms with Crippen LogP contribution in [0.25, 0.3) is 0 Å². The molecule has 2 aliphatic rings. The number of aryl methyl sites for hydroxylation is 1. The van der Waals surface area contributed by atoms with Crippen molar-refractivity contribution in [2.75, 3.05) is 13.1 Å². The smallest absolute Gasteiger partial charge is 0.229 e. The summed E-state index contributed by atoms with van der Waals surface area (Å²) in [6.45, 7) is 4.28.